The molecule has 1 fully saturated rings. The van der Waals surface area contributed by atoms with E-state index in [1.54, 1.807) is 29.0 Å². The molecule has 0 N–H and O–H groups in total. The molecule has 3 aliphatic rings. The van der Waals surface area contributed by atoms with Crippen LogP contribution >= 0.6 is 0 Å². The summed E-state index contributed by atoms with van der Waals surface area (Å²) in [6.07, 6.45) is 0.169. The minimum Gasteiger partial charge on any atom is -0.444 e. The molecule has 8 nitrogen and oxygen atoms in total. The number of nitrogens with zero attached hydrogens (tertiary/aromatic N) is 4. The van der Waals surface area contributed by atoms with Gasteiger partial charge >= 0.3 is 12.7 Å². The highest BCUT2D eigenvalue weighted by atomic mass is 19.3. The van der Waals surface area contributed by atoms with Crippen LogP contribution < -0.4 is 4.74 Å². The zero-order chi connectivity index (χ0) is 28.5. The molecule has 4 heterocycles. The third-order valence-electron chi connectivity index (χ3n) is 7.90. The largest absolute Gasteiger partial charge is 0.444 e. The van der Waals surface area contributed by atoms with E-state index in [1.807, 2.05) is 50.5 Å². The van der Waals surface area contributed by atoms with Crippen molar-refractivity contribution >= 4 is 23.0 Å². The van der Waals surface area contributed by atoms with Gasteiger partial charge in [-0.3, -0.25) is 4.79 Å². The lowest BCUT2D eigenvalue weighted by Crippen LogP contribution is -2.57. The number of hydrogen-bond acceptors (Lipinski definition) is 5. The standard InChI is InChI=1S/C30H30F2N4O4/c1-16-18(15-35(16)29(38)40-30(2,3)4)11-9-17-10-12-20-21(13-17)36-22-14-23(26(36)33-20)34(5)27(37)19-7-6-8-24(25(19)22)39-28(31)32/h6-8,10,12-13,16,18,22-23,28H,14-15H2,1-5H3. The molecule has 2 amide bonds. The number of fused-ring (bicyclic) bond motifs is 9. The van der Waals surface area contributed by atoms with Crippen molar-refractivity contribution in [1.82, 2.24) is 19.4 Å². The third-order valence-corrected chi connectivity index (χ3v) is 7.90. The minimum atomic E-state index is -3.01. The number of hydrogen-bond donors (Lipinski definition) is 0. The van der Waals surface area contributed by atoms with Crippen LogP contribution in [0.25, 0.3) is 11.0 Å². The normalized spacial score (nSPS) is 23.2. The van der Waals surface area contributed by atoms with Crippen LogP contribution in [0.5, 0.6) is 5.75 Å². The highest BCUT2D eigenvalue weighted by Gasteiger charge is 2.45. The van der Waals surface area contributed by atoms with Crippen LogP contribution in [0.15, 0.2) is 36.4 Å². The van der Waals surface area contributed by atoms with Crippen molar-refractivity contribution in [3.8, 4) is 17.6 Å². The first-order valence-electron chi connectivity index (χ1n) is 13.3. The Kier molecular flexibility index (Phi) is 6.02. The Morgan fingerprint density at radius 1 is 1.18 bits per heavy atom. The summed E-state index contributed by atoms with van der Waals surface area (Å²) in [7, 11) is 1.71. The fourth-order valence-electron chi connectivity index (χ4n) is 5.87. The number of carbonyl (C=O) groups excluding carboxylic acids is 2. The second-order valence-corrected chi connectivity index (χ2v) is 11.6. The molecule has 3 aromatic rings. The van der Waals surface area contributed by atoms with Crippen LogP contribution in [0.3, 0.4) is 0 Å². The van der Waals surface area contributed by atoms with E-state index < -0.39 is 18.3 Å². The Hall–Kier alpha value is -4.13. The summed E-state index contributed by atoms with van der Waals surface area (Å²) in [6, 6.07) is 9.66. The van der Waals surface area contributed by atoms with E-state index in [2.05, 4.69) is 11.8 Å². The van der Waals surface area contributed by atoms with Crippen LogP contribution in [0.4, 0.5) is 13.6 Å². The number of carbonyl (C=O) groups is 2. The van der Waals surface area contributed by atoms with Gasteiger partial charge in [0.2, 0.25) is 0 Å². The zero-order valence-electron chi connectivity index (χ0n) is 22.9. The van der Waals surface area contributed by atoms with Gasteiger partial charge in [0.1, 0.15) is 17.2 Å². The van der Waals surface area contributed by atoms with Gasteiger partial charge in [0.25, 0.3) is 5.91 Å². The summed E-state index contributed by atoms with van der Waals surface area (Å²) in [5.41, 5.74) is 2.57. The molecule has 40 heavy (non-hydrogen) atoms. The first kappa shape index (κ1) is 26.1. The van der Waals surface area contributed by atoms with Crippen LogP contribution in [0.2, 0.25) is 0 Å². The Labute approximate surface area is 230 Å². The average molecular weight is 549 g/mol. The molecule has 0 spiro atoms. The third kappa shape index (κ3) is 4.24. The average Bonchev–Trinajstić information content (AvgIpc) is 3.39. The smallest absolute Gasteiger partial charge is 0.410 e. The maximum Gasteiger partial charge on any atom is 0.410 e. The SMILES string of the molecule is CC1C(C#Cc2ccc3nc4n(c3c2)C2CC4N(C)C(=O)c3cccc(OC(F)F)c32)CN1C(=O)OC(C)(C)C. The molecular weight excluding hydrogens is 518 g/mol. The summed E-state index contributed by atoms with van der Waals surface area (Å²) in [6.45, 7) is 4.96. The lowest BCUT2D eigenvalue weighted by molar-refractivity contribution is -0.0507. The van der Waals surface area contributed by atoms with Crippen LogP contribution in [-0.2, 0) is 4.74 Å². The highest BCUT2D eigenvalue weighted by Crippen LogP contribution is 2.50. The van der Waals surface area contributed by atoms with Crippen molar-refractivity contribution in [3.63, 3.8) is 0 Å². The predicted molar refractivity (Wildman–Crippen MR) is 143 cm³/mol. The van der Waals surface area contributed by atoms with Gasteiger partial charge in [-0.2, -0.15) is 8.78 Å². The van der Waals surface area contributed by atoms with Crippen LogP contribution in [-0.4, -0.2) is 63.2 Å². The molecule has 2 bridgehead atoms. The topological polar surface area (TPSA) is 76.9 Å². The van der Waals surface area contributed by atoms with Gasteiger partial charge in [0.05, 0.1) is 29.0 Å². The Morgan fingerprint density at radius 3 is 2.65 bits per heavy atom. The van der Waals surface area contributed by atoms with E-state index in [0.717, 1.165) is 16.6 Å². The molecule has 4 unspecified atom stereocenters. The number of aromatic nitrogens is 2. The molecule has 1 saturated heterocycles. The first-order valence-corrected chi connectivity index (χ1v) is 13.3. The van der Waals surface area contributed by atoms with Gasteiger partial charge in [-0.1, -0.05) is 17.9 Å². The Balaban J connectivity index is 1.34. The van der Waals surface area contributed by atoms with Crippen molar-refractivity contribution in [1.29, 1.82) is 0 Å². The van der Waals surface area contributed by atoms with Gasteiger partial charge in [0, 0.05) is 42.7 Å². The Bertz CT molecular complexity index is 1600. The molecule has 208 valence electrons. The minimum absolute atomic E-state index is 0.000872. The van der Waals surface area contributed by atoms with Crippen molar-refractivity contribution in [2.75, 3.05) is 13.6 Å². The predicted octanol–water partition coefficient (Wildman–Crippen LogP) is 5.36. The number of imidazole rings is 1. The van der Waals surface area contributed by atoms with E-state index >= 15 is 0 Å². The van der Waals surface area contributed by atoms with Gasteiger partial charge in [-0.25, -0.2) is 9.78 Å². The quantitative estimate of drug-likeness (QED) is 0.403. The van der Waals surface area contributed by atoms with Crippen molar-refractivity contribution < 1.29 is 27.8 Å². The number of halogens is 2. The van der Waals surface area contributed by atoms with Gasteiger partial charge in [0.15, 0.2) is 0 Å². The van der Waals surface area contributed by atoms with E-state index in [0.29, 0.717) is 29.9 Å². The highest BCUT2D eigenvalue weighted by molar-refractivity contribution is 5.97. The molecule has 0 aliphatic carbocycles. The van der Waals surface area contributed by atoms with Gasteiger partial charge in [-0.05, 0) is 58.0 Å². The lowest BCUT2D eigenvalue weighted by atomic mass is 9.91. The number of likely N-dealkylation sites (tertiary alicyclic amines) is 1. The summed E-state index contributed by atoms with van der Waals surface area (Å²) in [5.74, 6) is 7.01. The van der Waals surface area contributed by atoms with Crippen LogP contribution in [0, 0.1) is 17.8 Å². The lowest BCUT2D eigenvalue weighted by Gasteiger charge is -2.43. The second-order valence-electron chi connectivity index (χ2n) is 11.6. The molecular formula is C30H30F2N4O4. The number of alkyl halides is 2. The molecule has 0 radical (unpaired) electrons. The monoisotopic (exact) mass is 548 g/mol. The molecule has 6 rings (SSSR count). The molecule has 10 heteroatoms. The van der Waals surface area contributed by atoms with Gasteiger partial charge < -0.3 is 23.8 Å². The molecule has 4 atom stereocenters. The van der Waals surface area contributed by atoms with Gasteiger partial charge in [-0.15, -0.1) is 0 Å². The maximum absolute atomic E-state index is 13.3. The number of amides is 2. The molecule has 0 saturated carbocycles. The van der Waals surface area contributed by atoms with Crippen molar-refractivity contribution in [2.24, 2.45) is 5.92 Å². The second kappa shape index (κ2) is 9.22. The number of rotatable bonds is 2. The summed E-state index contributed by atoms with van der Waals surface area (Å²) < 4.78 is 39.0. The summed E-state index contributed by atoms with van der Waals surface area (Å²) >= 11 is 0. The first-order chi connectivity index (χ1) is 18.9. The van der Waals surface area contributed by atoms with Crippen molar-refractivity contribution in [3.05, 3.63) is 58.9 Å². The zero-order valence-corrected chi connectivity index (χ0v) is 22.9. The summed E-state index contributed by atoms with van der Waals surface area (Å²) in [5, 5.41) is 0. The molecule has 2 aromatic carbocycles. The van der Waals surface area contributed by atoms with E-state index in [9.17, 15) is 18.4 Å². The van der Waals surface area contributed by atoms with Crippen LogP contribution in [0.1, 0.15) is 73.5 Å². The van der Waals surface area contributed by atoms with E-state index in [1.165, 1.54) is 6.07 Å². The fourth-order valence-corrected chi connectivity index (χ4v) is 5.87. The Morgan fingerprint density at radius 2 is 1.95 bits per heavy atom. The molecule has 1 aromatic heterocycles. The fraction of sp³-hybridized carbons (Fsp3) is 0.433. The number of benzene rings is 2. The summed E-state index contributed by atoms with van der Waals surface area (Å²) in [4.78, 5) is 33.8. The number of ether oxygens (including phenoxy) is 2. The van der Waals surface area contributed by atoms with E-state index in [4.69, 9.17) is 14.5 Å². The molecule has 3 aliphatic heterocycles. The van der Waals surface area contributed by atoms with Crippen molar-refractivity contribution in [2.45, 2.75) is 64.5 Å². The maximum atomic E-state index is 13.3. The van der Waals surface area contributed by atoms with E-state index in [-0.39, 0.29) is 35.8 Å².